The van der Waals surface area contributed by atoms with Crippen molar-refractivity contribution < 1.29 is 26.0 Å². The number of nitrogens with one attached hydrogen (secondary N) is 2. The van der Waals surface area contributed by atoms with Crippen LogP contribution in [0, 0.1) is 5.82 Å². The van der Waals surface area contributed by atoms with Gasteiger partial charge in [-0.2, -0.15) is 13.2 Å². The number of sulfonamides is 1. The Bertz CT molecular complexity index is 690. The lowest BCUT2D eigenvalue weighted by molar-refractivity contribution is -0.137. The van der Waals surface area contributed by atoms with Gasteiger partial charge in [-0.15, -0.1) is 12.4 Å². The smallest absolute Gasteiger partial charge is 0.313 e. The van der Waals surface area contributed by atoms with Crippen molar-refractivity contribution in [2.24, 2.45) is 0 Å². The van der Waals surface area contributed by atoms with E-state index in [-0.39, 0.29) is 19.0 Å². The summed E-state index contributed by atoms with van der Waals surface area (Å²) in [6.07, 6.45) is -2.34. The first kappa shape index (κ1) is 19.9. The van der Waals surface area contributed by atoms with Crippen molar-refractivity contribution in [1.82, 2.24) is 10.0 Å². The molecule has 130 valence electrons. The highest BCUT2D eigenvalue weighted by molar-refractivity contribution is 7.89. The van der Waals surface area contributed by atoms with Gasteiger partial charge < -0.3 is 5.32 Å². The van der Waals surface area contributed by atoms with E-state index in [2.05, 4.69) is 10.0 Å². The van der Waals surface area contributed by atoms with Crippen molar-refractivity contribution in [3.8, 4) is 0 Å². The Hall–Kier alpha value is -1.16. The van der Waals surface area contributed by atoms with Crippen LogP contribution in [0.15, 0.2) is 34.7 Å². The van der Waals surface area contributed by atoms with Gasteiger partial charge in [-0.25, -0.2) is 17.5 Å². The van der Waals surface area contributed by atoms with Gasteiger partial charge in [0.05, 0.1) is 5.56 Å². The lowest BCUT2D eigenvalue weighted by atomic mass is 10.1. The number of hydrogen-bond acceptors (Lipinski definition) is 3. The first-order valence-corrected chi connectivity index (χ1v) is 7.93. The number of benzene rings is 1. The number of alkyl halides is 3. The average molecular weight is 375 g/mol. The molecule has 1 aromatic rings. The molecule has 0 saturated heterocycles. The van der Waals surface area contributed by atoms with E-state index in [0.29, 0.717) is 37.7 Å². The normalized spacial score (nSPS) is 15.7. The molecule has 0 aromatic heterocycles. The molecule has 2 rings (SSSR count). The van der Waals surface area contributed by atoms with E-state index in [1.165, 1.54) is 0 Å². The molecule has 0 bridgehead atoms. The fourth-order valence-corrected chi connectivity index (χ4v) is 3.12. The molecule has 0 radical (unpaired) electrons. The predicted octanol–water partition coefficient (Wildman–Crippen LogP) is 2.46. The second kappa shape index (κ2) is 7.61. The summed E-state index contributed by atoms with van der Waals surface area (Å²) in [4.78, 5) is -1.00. The van der Waals surface area contributed by atoms with Gasteiger partial charge in [-0.1, -0.05) is 11.6 Å². The third kappa shape index (κ3) is 5.17. The monoisotopic (exact) mass is 374 g/mol. The zero-order valence-electron chi connectivity index (χ0n) is 11.8. The molecule has 10 heteroatoms. The molecule has 23 heavy (non-hydrogen) atoms. The van der Waals surface area contributed by atoms with Crippen molar-refractivity contribution >= 4 is 22.4 Å². The van der Waals surface area contributed by atoms with Gasteiger partial charge in [-0.05, 0) is 31.2 Å². The minimum Gasteiger partial charge on any atom is -0.313 e. The lowest BCUT2D eigenvalue weighted by Gasteiger charge is -2.15. The molecule has 1 aliphatic heterocycles. The quantitative estimate of drug-likeness (QED) is 0.629. The summed E-state index contributed by atoms with van der Waals surface area (Å²) in [6, 6.07) is 1.30. The van der Waals surface area contributed by atoms with E-state index >= 15 is 0 Å². The minimum atomic E-state index is -4.74. The third-order valence-electron chi connectivity index (χ3n) is 3.20. The molecule has 1 aromatic carbocycles. The molecular formula is C13H15ClF4N2O2S. The number of rotatable bonds is 4. The average Bonchev–Trinajstić information content (AvgIpc) is 2.45. The van der Waals surface area contributed by atoms with Crippen molar-refractivity contribution in [3.63, 3.8) is 0 Å². The van der Waals surface area contributed by atoms with E-state index < -0.39 is 32.5 Å². The standard InChI is InChI=1S/C13H14F4N2O2S.ClH/c14-11-2-1-10(13(15,16)17)7-12(11)22(20,21)19-8-9-3-5-18-6-4-9;/h1-3,7,18-19H,4-6,8H2;1H. The van der Waals surface area contributed by atoms with Crippen LogP contribution in [0.5, 0.6) is 0 Å². The van der Waals surface area contributed by atoms with Gasteiger partial charge in [0, 0.05) is 13.1 Å². The van der Waals surface area contributed by atoms with Crippen LogP contribution in [0.4, 0.5) is 17.6 Å². The molecule has 0 saturated carbocycles. The summed E-state index contributed by atoms with van der Waals surface area (Å²) < 4.78 is 77.6. The van der Waals surface area contributed by atoms with Crippen molar-refractivity contribution in [1.29, 1.82) is 0 Å². The zero-order valence-corrected chi connectivity index (χ0v) is 13.4. The molecule has 4 nitrogen and oxygen atoms in total. The second-order valence-electron chi connectivity index (χ2n) is 4.78. The summed E-state index contributed by atoms with van der Waals surface area (Å²) in [6.45, 7) is 1.22. The predicted molar refractivity (Wildman–Crippen MR) is 79.4 cm³/mol. The van der Waals surface area contributed by atoms with Crippen molar-refractivity contribution in [2.45, 2.75) is 17.5 Å². The summed E-state index contributed by atoms with van der Waals surface area (Å²) in [5.74, 6) is -1.22. The highest BCUT2D eigenvalue weighted by atomic mass is 35.5. The summed E-state index contributed by atoms with van der Waals surface area (Å²) in [7, 11) is -4.36. The van der Waals surface area contributed by atoms with Crippen LogP contribution in [0.3, 0.4) is 0 Å². The van der Waals surface area contributed by atoms with Crippen LogP contribution in [0.25, 0.3) is 0 Å². The van der Waals surface area contributed by atoms with E-state index in [1.54, 1.807) is 6.08 Å². The second-order valence-corrected chi connectivity index (χ2v) is 6.52. The number of hydrogen-bond donors (Lipinski definition) is 2. The highest BCUT2D eigenvalue weighted by Crippen LogP contribution is 2.31. The van der Waals surface area contributed by atoms with Gasteiger partial charge in [0.1, 0.15) is 10.7 Å². The van der Waals surface area contributed by atoms with Crippen LogP contribution < -0.4 is 10.0 Å². The minimum absolute atomic E-state index is 0. The summed E-state index contributed by atoms with van der Waals surface area (Å²) >= 11 is 0. The van der Waals surface area contributed by atoms with Gasteiger partial charge in [0.15, 0.2) is 0 Å². The molecule has 2 N–H and O–H groups in total. The zero-order chi connectivity index (χ0) is 16.4. The van der Waals surface area contributed by atoms with Crippen molar-refractivity contribution in [3.05, 3.63) is 41.2 Å². The van der Waals surface area contributed by atoms with Gasteiger partial charge in [-0.3, -0.25) is 0 Å². The molecule has 1 heterocycles. The molecule has 0 atom stereocenters. The SMILES string of the molecule is Cl.O=S(=O)(NCC1=CCNCC1)c1cc(C(F)(F)F)ccc1F. The maximum absolute atomic E-state index is 13.6. The van der Waals surface area contributed by atoms with E-state index in [0.717, 1.165) is 5.57 Å². The van der Waals surface area contributed by atoms with Gasteiger partial charge in [0.2, 0.25) is 10.0 Å². The van der Waals surface area contributed by atoms with E-state index in [4.69, 9.17) is 0 Å². The largest absolute Gasteiger partial charge is 0.416 e. The molecule has 0 spiro atoms. The van der Waals surface area contributed by atoms with Crippen LogP contribution in [0.2, 0.25) is 0 Å². The highest BCUT2D eigenvalue weighted by Gasteiger charge is 2.33. The van der Waals surface area contributed by atoms with E-state index in [1.807, 2.05) is 0 Å². The lowest BCUT2D eigenvalue weighted by Crippen LogP contribution is -2.30. The Morgan fingerprint density at radius 2 is 1.96 bits per heavy atom. The fourth-order valence-electron chi connectivity index (χ4n) is 1.98. The van der Waals surface area contributed by atoms with Gasteiger partial charge >= 0.3 is 6.18 Å². The maximum Gasteiger partial charge on any atom is 0.416 e. The maximum atomic E-state index is 13.6. The Balaban J connectivity index is 0.00000264. The summed E-state index contributed by atoms with van der Waals surface area (Å²) in [5.41, 5.74) is -0.412. The molecule has 0 unspecified atom stereocenters. The van der Waals surface area contributed by atoms with Crippen LogP contribution in [-0.4, -0.2) is 28.1 Å². The van der Waals surface area contributed by atoms with Crippen LogP contribution in [0.1, 0.15) is 12.0 Å². The molecule has 0 aliphatic carbocycles. The Morgan fingerprint density at radius 3 is 2.52 bits per heavy atom. The molecular weight excluding hydrogens is 360 g/mol. The third-order valence-corrected chi connectivity index (χ3v) is 4.61. The van der Waals surface area contributed by atoms with E-state index in [9.17, 15) is 26.0 Å². The number of halogens is 5. The molecule has 1 aliphatic rings. The molecule has 0 fully saturated rings. The summed E-state index contributed by atoms with van der Waals surface area (Å²) in [5, 5.41) is 3.04. The Morgan fingerprint density at radius 1 is 1.26 bits per heavy atom. The topological polar surface area (TPSA) is 58.2 Å². The molecule has 0 amide bonds. The van der Waals surface area contributed by atoms with Crippen LogP contribution in [-0.2, 0) is 16.2 Å². The van der Waals surface area contributed by atoms with Crippen LogP contribution >= 0.6 is 12.4 Å². The Labute approximate surface area is 137 Å². The first-order chi connectivity index (χ1) is 10.2. The Kier molecular flexibility index (Phi) is 6.58. The van der Waals surface area contributed by atoms with Gasteiger partial charge in [0.25, 0.3) is 0 Å². The fraction of sp³-hybridized carbons (Fsp3) is 0.385. The van der Waals surface area contributed by atoms with Crippen molar-refractivity contribution in [2.75, 3.05) is 19.6 Å². The first-order valence-electron chi connectivity index (χ1n) is 6.45.